The summed E-state index contributed by atoms with van der Waals surface area (Å²) >= 11 is 0. The number of hydrogen-bond acceptors (Lipinski definition) is 5. The maximum atomic E-state index is 12.5. The van der Waals surface area contributed by atoms with Crippen LogP contribution in [0.1, 0.15) is 54.3 Å². The molecule has 1 amide bonds. The highest BCUT2D eigenvalue weighted by molar-refractivity contribution is 5.93. The van der Waals surface area contributed by atoms with Crippen molar-refractivity contribution in [2.24, 2.45) is 5.92 Å². The van der Waals surface area contributed by atoms with Crippen LogP contribution < -0.4 is 5.32 Å². The highest BCUT2D eigenvalue weighted by atomic mass is 16.3. The molecule has 7 nitrogen and oxygen atoms in total. The maximum absolute atomic E-state index is 12.5. The fourth-order valence-electron chi connectivity index (χ4n) is 3.72. The maximum Gasteiger partial charge on any atom is 0.273 e. The van der Waals surface area contributed by atoms with Crippen molar-refractivity contribution in [2.45, 2.75) is 56.7 Å². The second kappa shape index (κ2) is 6.39. The normalized spacial score (nSPS) is 27.1. The molecule has 2 aliphatic rings. The summed E-state index contributed by atoms with van der Waals surface area (Å²) in [6, 6.07) is 1.64. The smallest absolute Gasteiger partial charge is 0.273 e. The molecular weight excluding hydrogens is 308 g/mol. The third kappa shape index (κ3) is 2.96. The number of amides is 1. The molecule has 2 aliphatic carbocycles. The standard InChI is InChI=1S/C17H22N4O3/c22-14-8-11(9-21-6-2-5-19-21)7-13(14)20-17(23)15-16(24-10-18-15)12-3-1-4-12/h2,5-6,10-14,22H,1,3-4,7-9H2,(H,20,23)/t11?,13-,14-/m1/s1. The number of carbonyl (C=O) groups is 1. The van der Waals surface area contributed by atoms with Gasteiger partial charge in [0.2, 0.25) is 0 Å². The summed E-state index contributed by atoms with van der Waals surface area (Å²) in [4.78, 5) is 16.6. The van der Waals surface area contributed by atoms with Gasteiger partial charge in [-0.15, -0.1) is 0 Å². The Morgan fingerprint density at radius 1 is 1.42 bits per heavy atom. The Morgan fingerprint density at radius 3 is 3.00 bits per heavy atom. The topological polar surface area (TPSA) is 93.2 Å². The van der Waals surface area contributed by atoms with Crippen LogP contribution in [0, 0.1) is 5.92 Å². The van der Waals surface area contributed by atoms with Crippen molar-refractivity contribution < 1.29 is 14.3 Å². The van der Waals surface area contributed by atoms with Gasteiger partial charge in [-0.2, -0.15) is 5.10 Å². The summed E-state index contributed by atoms with van der Waals surface area (Å²) in [5, 5.41) is 17.4. The van der Waals surface area contributed by atoms with Gasteiger partial charge in [-0.25, -0.2) is 4.98 Å². The third-order valence-corrected chi connectivity index (χ3v) is 5.23. The quantitative estimate of drug-likeness (QED) is 0.870. The summed E-state index contributed by atoms with van der Waals surface area (Å²) in [7, 11) is 0. The summed E-state index contributed by atoms with van der Waals surface area (Å²) in [6.45, 7) is 0.758. The molecule has 7 heteroatoms. The van der Waals surface area contributed by atoms with E-state index in [1.165, 1.54) is 12.8 Å². The van der Waals surface area contributed by atoms with Gasteiger partial charge >= 0.3 is 0 Å². The Bertz CT molecular complexity index is 693. The molecule has 2 heterocycles. The van der Waals surface area contributed by atoms with Gasteiger partial charge < -0.3 is 14.8 Å². The largest absolute Gasteiger partial charge is 0.447 e. The van der Waals surface area contributed by atoms with Crippen molar-refractivity contribution in [3.63, 3.8) is 0 Å². The SMILES string of the molecule is O=C(N[C@@H]1CC(Cn2cccn2)C[C@H]1O)c1ncoc1C1CCC1. The second-order valence-electron chi connectivity index (χ2n) is 6.91. The Labute approximate surface area is 140 Å². The number of nitrogens with one attached hydrogen (secondary N) is 1. The molecule has 2 saturated carbocycles. The van der Waals surface area contributed by atoms with Crippen LogP contribution in [0.3, 0.4) is 0 Å². The Balaban J connectivity index is 1.38. The predicted molar refractivity (Wildman–Crippen MR) is 85.3 cm³/mol. The summed E-state index contributed by atoms with van der Waals surface area (Å²) in [5.41, 5.74) is 0.377. The van der Waals surface area contributed by atoms with Crippen LogP contribution in [0.15, 0.2) is 29.3 Å². The van der Waals surface area contributed by atoms with Crippen molar-refractivity contribution in [1.29, 1.82) is 0 Å². The molecule has 1 unspecified atom stereocenters. The van der Waals surface area contributed by atoms with E-state index in [0.29, 0.717) is 29.7 Å². The molecule has 2 aromatic heterocycles. The molecule has 2 N–H and O–H groups in total. The van der Waals surface area contributed by atoms with Crippen LogP contribution >= 0.6 is 0 Å². The number of aliphatic hydroxyl groups is 1. The molecule has 128 valence electrons. The van der Waals surface area contributed by atoms with Crippen LogP contribution in [-0.2, 0) is 6.54 Å². The Hall–Kier alpha value is -2.15. The fourth-order valence-corrected chi connectivity index (χ4v) is 3.72. The molecule has 0 spiro atoms. The molecule has 2 fully saturated rings. The Morgan fingerprint density at radius 2 is 2.29 bits per heavy atom. The van der Waals surface area contributed by atoms with E-state index in [9.17, 15) is 9.90 Å². The monoisotopic (exact) mass is 330 g/mol. The minimum absolute atomic E-state index is 0.241. The first kappa shape index (κ1) is 15.4. The highest BCUT2D eigenvalue weighted by Gasteiger charge is 2.36. The molecule has 4 rings (SSSR count). The van der Waals surface area contributed by atoms with Gasteiger partial charge in [0.25, 0.3) is 5.91 Å². The molecule has 24 heavy (non-hydrogen) atoms. The van der Waals surface area contributed by atoms with Crippen LogP contribution in [0.4, 0.5) is 0 Å². The van der Waals surface area contributed by atoms with E-state index in [-0.39, 0.29) is 11.9 Å². The van der Waals surface area contributed by atoms with Gasteiger partial charge in [0.15, 0.2) is 12.1 Å². The predicted octanol–water partition coefficient (Wildman–Crippen LogP) is 1.71. The molecule has 0 bridgehead atoms. The molecule has 2 aromatic rings. The van der Waals surface area contributed by atoms with E-state index in [4.69, 9.17) is 4.42 Å². The average molecular weight is 330 g/mol. The number of carbonyl (C=O) groups excluding carboxylic acids is 1. The Kier molecular flexibility index (Phi) is 4.10. The van der Waals surface area contributed by atoms with E-state index in [1.54, 1.807) is 6.20 Å². The van der Waals surface area contributed by atoms with E-state index in [1.807, 2.05) is 16.9 Å². The van der Waals surface area contributed by atoms with Crippen molar-refractivity contribution >= 4 is 5.91 Å². The first-order valence-electron chi connectivity index (χ1n) is 8.60. The minimum Gasteiger partial charge on any atom is -0.447 e. The minimum atomic E-state index is -0.534. The number of aliphatic hydroxyl groups excluding tert-OH is 1. The van der Waals surface area contributed by atoms with Crippen LogP contribution in [-0.4, -0.2) is 37.9 Å². The summed E-state index contributed by atoms with van der Waals surface area (Å²) < 4.78 is 7.30. The number of rotatable bonds is 5. The van der Waals surface area contributed by atoms with Crippen molar-refractivity contribution in [1.82, 2.24) is 20.1 Å². The van der Waals surface area contributed by atoms with Crippen molar-refractivity contribution in [3.8, 4) is 0 Å². The zero-order chi connectivity index (χ0) is 16.5. The lowest BCUT2D eigenvalue weighted by Gasteiger charge is -2.23. The van der Waals surface area contributed by atoms with Gasteiger partial charge in [0.1, 0.15) is 5.76 Å². The molecule has 3 atom stereocenters. The lowest BCUT2D eigenvalue weighted by atomic mass is 9.83. The molecule has 0 saturated heterocycles. The van der Waals surface area contributed by atoms with Gasteiger partial charge in [-0.05, 0) is 37.7 Å². The van der Waals surface area contributed by atoms with Gasteiger partial charge in [0, 0.05) is 24.9 Å². The fraction of sp³-hybridized carbons (Fsp3) is 0.588. The number of hydrogen-bond donors (Lipinski definition) is 2. The van der Waals surface area contributed by atoms with Crippen molar-refractivity contribution in [3.05, 3.63) is 36.3 Å². The molecule has 0 aliphatic heterocycles. The van der Waals surface area contributed by atoms with E-state index < -0.39 is 6.10 Å². The number of oxazole rings is 1. The van der Waals surface area contributed by atoms with Gasteiger partial charge in [-0.3, -0.25) is 9.48 Å². The molecule has 0 aromatic carbocycles. The van der Waals surface area contributed by atoms with E-state index in [2.05, 4.69) is 15.4 Å². The van der Waals surface area contributed by atoms with E-state index >= 15 is 0 Å². The van der Waals surface area contributed by atoms with E-state index in [0.717, 1.165) is 25.8 Å². The van der Waals surface area contributed by atoms with Gasteiger partial charge in [-0.1, -0.05) is 6.42 Å². The molecule has 0 radical (unpaired) electrons. The first-order chi connectivity index (χ1) is 11.7. The second-order valence-corrected chi connectivity index (χ2v) is 6.91. The number of nitrogens with zero attached hydrogens (tertiary/aromatic N) is 3. The lowest BCUT2D eigenvalue weighted by Crippen LogP contribution is -2.40. The highest BCUT2D eigenvalue weighted by Crippen LogP contribution is 2.38. The van der Waals surface area contributed by atoms with Crippen LogP contribution in [0.5, 0.6) is 0 Å². The van der Waals surface area contributed by atoms with Gasteiger partial charge in [0.05, 0.1) is 12.1 Å². The van der Waals surface area contributed by atoms with Crippen molar-refractivity contribution in [2.75, 3.05) is 0 Å². The summed E-state index contributed by atoms with van der Waals surface area (Å²) in [5.74, 6) is 1.07. The number of aromatic nitrogens is 3. The lowest BCUT2D eigenvalue weighted by molar-refractivity contribution is 0.0865. The average Bonchev–Trinajstić information content (AvgIpc) is 3.21. The zero-order valence-corrected chi connectivity index (χ0v) is 13.5. The first-order valence-corrected chi connectivity index (χ1v) is 8.60. The summed E-state index contributed by atoms with van der Waals surface area (Å²) in [6.07, 6.45) is 9.14. The third-order valence-electron chi connectivity index (χ3n) is 5.23. The molecular formula is C17H22N4O3. The zero-order valence-electron chi connectivity index (χ0n) is 13.5. The van der Waals surface area contributed by atoms with Crippen LogP contribution in [0.2, 0.25) is 0 Å². The van der Waals surface area contributed by atoms with Crippen LogP contribution in [0.25, 0.3) is 0 Å².